The van der Waals surface area contributed by atoms with E-state index in [1.165, 1.54) is 5.56 Å². The number of nitrogens with zero attached hydrogens (tertiary/aromatic N) is 2. The topological polar surface area (TPSA) is 42.0 Å². The predicted octanol–water partition coefficient (Wildman–Crippen LogP) is 2.90. The van der Waals surface area contributed by atoms with Crippen molar-refractivity contribution < 1.29 is 14.3 Å². The predicted molar refractivity (Wildman–Crippen MR) is 103 cm³/mol. The molecule has 1 amide bonds. The van der Waals surface area contributed by atoms with Gasteiger partial charge in [0.05, 0.1) is 26.3 Å². The van der Waals surface area contributed by atoms with Crippen molar-refractivity contribution in [2.24, 2.45) is 0 Å². The number of carbonyl (C=O) groups excluding carboxylic acids is 1. The molecule has 0 N–H and O–H groups in total. The van der Waals surface area contributed by atoms with E-state index in [4.69, 9.17) is 9.47 Å². The van der Waals surface area contributed by atoms with E-state index < -0.39 is 0 Å². The normalized spacial score (nSPS) is 14.3. The first-order valence-electron chi connectivity index (χ1n) is 8.91. The van der Waals surface area contributed by atoms with Crippen molar-refractivity contribution in [3.05, 3.63) is 53.6 Å². The molecule has 138 valence electrons. The Hall–Kier alpha value is -2.69. The molecular weight excluding hydrogens is 328 g/mol. The van der Waals surface area contributed by atoms with Gasteiger partial charge in [-0.1, -0.05) is 29.8 Å². The van der Waals surface area contributed by atoms with Gasteiger partial charge in [0.1, 0.15) is 11.5 Å². The average molecular weight is 354 g/mol. The highest BCUT2D eigenvalue weighted by atomic mass is 16.5. The van der Waals surface area contributed by atoms with Gasteiger partial charge in [-0.3, -0.25) is 4.79 Å². The summed E-state index contributed by atoms with van der Waals surface area (Å²) in [5.74, 6) is 1.76. The van der Waals surface area contributed by atoms with Crippen LogP contribution in [0.2, 0.25) is 0 Å². The number of rotatable bonds is 5. The van der Waals surface area contributed by atoms with Crippen LogP contribution in [0, 0.1) is 6.92 Å². The van der Waals surface area contributed by atoms with Gasteiger partial charge < -0.3 is 19.3 Å². The van der Waals surface area contributed by atoms with Gasteiger partial charge in [-0.15, -0.1) is 0 Å². The van der Waals surface area contributed by atoms with E-state index in [2.05, 4.69) is 24.0 Å². The van der Waals surface area contributed by atoms with E-state index in [1.54, 1.807) is 14.2 Å². The zero-order chi connectivity index (χ0) is 18.5. The molecule has 0 unspecified atom stereocenters. The minimum atomic E-state index is 0.190. The second-order valence-corrected chi connectivity index (χ2v) is 6.57. The fourth-order valence-corrected chi connectivity index (χ4v) is 3.24. The molecule has 0 aliphatic carbocycles. The van der Waals surface area contributed by atoms with Gasteiger partial charge >= 0.3 is 0 Å². The van der Waals surface area contributed by atoms with E-state index in [0.717, 1.165) is 48.9 Å². The summed E-state index contributed by atoms with van der Waals surface area (Å²) in [6, 6.07) is 14.0. The highest BCUT2D eigenvalue weighted by Crippen LogP contribution is 2.32. The molecule has 2 aromatic rings. The Kier molecular flexibility index (Phi) is 5.66. The Labute approximate surface area is 155 Å². The van der Waals surface area contributed by atoms with Crippen molar-refractivity contribution in [3.8, 4) is 11.5 Å². The number of hydrogen-bond acceptors (Lipinski definition) is 4. The van der Waals surface area contributed by atoms with Crippen LogP contribution >= 0.6 is 0 Å². The summed E-state index contributed by atoms with van der Waals surface area (Å²) in [6.07, 6.45) is 0.464. The van der Waals surface area contributed by atoms with Crippen molar-refractivity contribution in [1.29, 1.82) is 0 Å². The van der Waals surface area contributed by atoms with Crippen molar-refractivity contribution in [2.75, 3.05) is 45.3 Å². The van der Waals surface area contributed by atoms with Crippen LogP contribution < -0.4 is 14.4 Å². The second-order valence-electron chi connectivity index (χ2n) is 6.57. The van der Waals surface area contributed by atoms with Gasteiger partial charge in [0.25, 0.3) is 0 Å². The van der Waals surface area contributed by atoms with Gasteiger partial charge in [-0.25, -0.2) is 0 Å². The lowest BCUT2D eigenvalue weighted by molar-refractivity contribution is -0.130. The maximum absolute atomic E-state index is 12.6. The number of benzene rings is 2. The molecule has 5 nitrogen and oxygen atoms in total. The quantitative estimate of drug-likeness (QED) is 0.828. The summed E-state index contributed by atoms with van der Waals surface area (Å²) < 4.78 is 10.8. The first-order valence-corrected chi connectivity index (χ1v) is 8.91. The first-order chi connectivity index (χ1) is 12.6. The number of methoxy groups -OCH3 is 2. The lowest BCUT2D eigenvalue weighted by Crippen LogP contribution is -2.49. The Bertz CT molecular complexity index is 750. The number of carbonyl (C=O) groups is 1. The smallest absolute Gasteiger partial charge is 0.227 e. The highest BCUT2D eigenvalue weighted by Gasteiger charge is 2.23. The molecule has 0 radical (unpaired) electrons. The molecule has 1 heterocycles. The molecule has 0 atom stereocenters. The van der Waals surface area contributed by atoms with Crippen LogP contribution in [-0.4, -0.2) is 51.2 Å². The van der Waals surface area contributed by atoms with Gasteiger partial charge in [0.15, 0.2) is 0 Å². The van der Waals surface area contributed by atoms with E-state index in [1.807, 2.05) is 35.2 Å². The minimum absolute atomic E-state index is 0.190. The third-order valence-electron chi connectivity index (χ3n) is 4.84. The number of piperazine rings is 1. The Morgan fingerprint density at radius 3 is 2.27 bits per heavy atom. The van der Waals surface area contributed by atoms with Crippen molar-refractivity contribution in [2.45, 2.75) is 13.3 Å². The minimum Gasteiger partial charge on any atom is -0.497 e. The zero-order valence-corrected chi connectivity index (χ0v) is 15.7. The molecule has 0 bridgehead atoms. The summed E-state index contributed by atoms with van der Waals surface area (Å²) in [4.78, 5) is 16.8. The molecule has 1 aliphatic heterocycles. The molecule has 2 aromatic carbocycles. The van der Waals surface area contributed by atoms with Crippen LogP contribution in [0.1, 0.15) is 11.1 Å². The van der Waals surface area contributed by atoms with Crippen molar-refractivity contribution in [3.63, 3.8) is 0 Å². The van der Waals surface area contributed by atoms with Crippen LogP contribution in [0.15, 0.2) is 42.5 Å². The molecular formula is C21H26N2O3. The van der Waals surface area contributed by atoms with Crippen LogP contribution in [0.4, 0.5) is 5.69 Å². The second kappa shape index (κ2) is 8.13. The highest BCUT2D eigenvalue weighted by molar-refractivity contribution is 5.79. The van der Waals surface area contributed by atoms with Crippen molar-refractivity contribution >= 4 is 11.6 Å². The lowest BCUT2D eigenvalue weighted by atomic mass is 10.1. The van der Waals surface area contributed by atoms with Crippen LogP contribution in [0.3, 0.4) is 0 Å². The molecule has 0 saturated carbocycles. The van der Waals surface area contributed by atoms with Crippen LogP contribution in [0.5, 0.6) is 11.5 Å². The molecule has 26 heavy (non-hydrogen) atoms. The maximum atomic E-state index is 12.6. The van der Waals surface area contributed by atoms with Crippen LogP contribution in [0.25, 0.3) is 0 Å². The maximum Gasteiger partial charge on any atom is 0.227 e. The molecule has 1 saturated heterocycles. The number of aryl methyl sites for hydroxylation is 1. The van der Waals surface area contributed by atoms with E-state index in [-0.39, 0.29) is 5.91 Å². The summed E-state index contributed by atoms with van der Waals surface area (Å²) in [7, 11) is 3.31. The molecule has 5 heteroatoms. The lowest BCUT2D eigenvalue weighted by Gasteiger charge is -2.36. The van der Waals surface area contributed by atoms with Gasteiger partial charge in [0, 0.05) is 32.2 Å². The van der Waals surface area contributed by atoms with E-state index >= 15 is 0 Å². The van der Waals surface area contributed by atoms with Crippen LogP contribution in [-0.2, 0) is 11.2 Å². The summed E-state index contributed by atoms with van der Waals surface area (Å²) in [5.41, 5.74) is 3.32. The zero-order valence-electron chi connectivity index (χ0n) is 15.7. The number of hydrogen-bond donors (Lipinski definition) is 0. The molecule has 1 fully saturated rings. The monoisotopic (exact) mass is 354 g/mol. The van der Waals surface area contributed by atoms with E-state index in [9.17, 15) is 4.79 Å². The molecule has 1 aliphatic rings. The Morgan fingerprint density at radius 2 is 1.65 bits per heavy atom. The SMILES string of the molecule is COc1ccc(N2CCN(C(=O)Cc3ccc(C)cc3)CC2)c(OC)c1. The van der Waals surface area contributed by atoms with Gasteiger partial charge in [0.2, 0.25) is 5.91 Å². The standard InChI is InChI=1S/C21H26N2O3/c1-16-4-6-17(7-5-16)14-21(24)23-12-10-22(11-13-23)19-9-8-18(25-2)15-20(19)26-3/h4-9,15H,10-14H2,1-3H3. The largest absolute Gasteiger partial charge is 0.497 e. The van der Waals surface area contributed by atoms with Gasteiger partial charge in [-0.05, 0) is 24.6 Å². The Morgan fingerprint density at radius 1 is 0.962 bits per heavy atom. The summed E-state index contributed by atoms with van der Waals surface area (Å²) >= 11 is 0. The fourth-order valence-electron chi connectivity index (χ4n) is 3.24. The van der Waals surface area contributed by atoms with Gasteiger partial charge in [-0.2, -0.15) is 0 Å². The number of ether oxygens (including phenoxy) is 2. The third kappa shape index (κ3) is 4.10. The number of anilines is 1. The average Bonchev–Trinajstić information content (AvgIpc) is 2.69. The molecule has 0 spiro atoms. The Balaban J connectivity index is 1.60. The van der Waals surface area contributed by atoms with Crippen molar-refractivity contribution in [1.82, 2.24) is 4.90 Å². The molecule has 3 rings (SSSR count). The fraction of sp³-hybridized carbons (Fsp3) is 0.381. The number of amides is 1. The molecule has 0 aromatic heterocycles. The summed E-state index contributed by atoms with van der Waals surface area (Å²) in [5, 5.41) is 0. The third-order valence-corrected chi connectivity index (χ3v) is 4.84. The summed E-state index contributed by atoms with van der Waals surface area (Å²) in [6.45, 7) is 5.09. The first kappa shape index (κ1) is 18.1. The van der Waals surface area contributed by atoms with E-state index in [0.29, 0.717) is 6.42 Å².